The van der Waals surface area contributed by atoms with Gasteiger partial charge in [0.2, 0.25) is 5.91 Å². The van der Waals surface area contributed by atoms with Crippen molar-refractivity contribution in [3.63, 3.8) is 0 Å². The molecular weight excluding hydrogens is 320 g/mol. The molecule has 0 saturated heterocycles. The molecule has 0 radical (unpaired) electrons. The van der Waals surface area contributed by atoms with Gasteiger partial charge in [-0.3, -0.25) is 14.9 Å². The molecule has 6 heteroatoms. The third-order valence-electron chi connectivity index (χ3n) is 3.77. The summed E-state index contributed by atoms with van der Waals surface area (Å²) in [5.74, 6) is 0.547. The first-order valence-electron chi connectivity index (χ1n) is 8.12. The van der Waals surface area contributed by atoms with Crippen LogP contribution < -0.4 is 10.1 Å². The molecule has 2 aromatic rings. The standard InChI is InChI=1S/C19H22N2O4/c1-13-7-9-16(17(11-13)21(23)24)20-19(22)5-4-10-25-18-12-14(2)6-8-15(18)3/h6-9,11-12H,4-5,10H2,1-3H3,(H,20,22). The lowest BCUT2D eigenvalue weighted by atomic mass is 10.1. The molecule has 6 nitrogen and oxygen atoms in total. The molecule has 0 aliphatic heterocycles. The maximum Gasteiger partial charge on any atom is 0.293 e. The molecule has 2 rings (SSSR count). The van der Waals surface area contributed by atoms with E-state index in [9.17, 15) is 14.9 Å². The summed E-state index contributed by atoms with van der Waals surface area (Å²) in [5, 5.41) is 13.7. The Morgan fingerprint density at radius 2 is 1.80 bits per heavy atom. The van der Waals surface area contributed by atoms with E-state index in [1.807, 2.05) is 32.0 Å². The highest BCUT2D eigenvalue weighted by atomic mass is 16.6. The molecule has 0 aromatic heterocycles. The number of nitrogens with zero attached hydrogens (tertiary/aromatic N) is 1. The van der Waals surface area contributed by atoms with Gasteiger partial charge in [0, 0.05) is 12.5 Å². The van der Waals surface area contributed by atoms with Crippen LogP contribution in [0.25, 0.3) is 0 Å². The highest BCUT2D eigenvalue weighted by Gasteiger charge is 2.15. The highest BCUT2D eigenvalue weighted by Crippen LogP contribution is 2.25. The van der Waals surface area contributed by atoms with Gasteiger partial charge in [-0.15, -0.1) is 0 Å². The largest absolute Gasteiger partial charge is 0.493 e. The molecule has 0 atom stereocenters. The van der Waals surface area contributed by atoms with Crippen molar-refractivity contribution < 1.29 is 14.5 Å². The zero-order chi connectivity index (χ0) is 18.4. The molecule has 132 valence electrons. The lowest BCUT2D eigenvalue weighted by molar-refractivity contribution is -0.384. The molecule has 25 heavy (non-hydrogen) atoms. The van der Waals surface area contributed by atoms with Gasteiger partial charge < -0.3 is 10.1 Å². The molecule has 0 fully saturated rings. The van der Waals surface area contributed by atoms with Crippen molar-refractivity contribution >= 4 is 17.3 Å². The van der Waals surface area contributed by atoms with Gasteiger partial charge >= 0.3 is 0 Å². The number of nitro benzene ring substituents is 1. The summed E-state index contributed by atoms with van der Waals surface area (Å²) in [6.45, 7) is 6.14. The number of nitro groups is 1. The third-order valence-corrected chi connectivity index (χ3v) is 3.77. The van der Waals surface area contributed by atoms with Gasteiger partial charge in [-0.25, -0.2) is 0 Å². The Balaban J connectivity index is 1.85. The van der Waals surface area contributed by atoms with Gasteiger partial charge in [0.25, 0.3) is 5.69 Å². The average Bonchev–Trinajstić information content (AvgIpc) is 2.56. The minimum Gasteiger partial charge on any atom is -0.493 e. The van der Waals surface area contributed by atoms with E-state index in [1.54, 1.807) is 19.1 Å². The van der Waals surface area contributed by atoms with Crippen molar-refractivity contribution in [2.24, 2.45) is 0 Å². The van der Waals surface area contributed by atoms with Gasteiger partial charge in [-0.2, -0.15) is 0 Å². The number of hydrogen-bond donors (Lipinski definition) is 1. The molecular formula is C19H22N2O4. The number of rotatable bonds is 7. The maximum atomic E-state index is 12.0. The van der Waals surface area contributed by atoms with Crippen LogP contribution >= 0.6 is 0 Å². The van der Waals surface area contributed by atoms with Crippen molar-refractivity contribution in [2.45, 2.75) is 33.6 Å². The van der Waals surface area contributed by atoms with Crippen molar-refractivity contribution in [1.82, 2.24) is 0 Å². The van der Waals surface area contributed by atoms with E-state index in [2.05, 4.69) is 5.32 Å². The fraction of sp³-hybridized carbons (Fsp3) is 0.316. The minimum atomic E-state index is -0.494. The van der Waals surface area contributed by atoms with Crippen LogP contribution in [0.15, 0.2) is 36.4 Å². The summed E-state index contributed by atoms with van der Waals surface area (Å²) in [5.41, 5.74) is 3.05. The first kappa shape index (κ1) is 18.4. The van der Waals surface area contributed by atoms with Crippen LogP contribution in [0.1, 0.15) is 29.5 Å². The second-order valence-electron chi connectivity index (χ2n) is 6.05. The van der Waals surface area contributed by atoms with E-state index >= 15 is 0 Å². The Bertz CT molecular complexity index is 787. The number of ether oxygens (including phenoxy) is 1. The van der Waals surface area contributed by atoms with E-state index in [4.69, 9.17) is 4.74 Å². The predicted octanol–water partition coefficient (Wildman–Crippen LogP) is 4.32. The molecule has 0 spiro atoms. The Morgan fingerprint density at radius 3 is 2.52 bits per heavy atom. The molecule has 2 aromatic carbocycles. The molecule has 0 saturated carbocycles. The van der Waals surface area contributed by atoms with E-state index in [0.29, 0.717) is 13.0 Å². The Kier molecular flexibility index (Phi) is 6.11. The predicted molar refractivity (Wildman–Crippen MR) is 97.1 cm³/mol. The minimum absolute atomic E-state index is 0.0972. The highest BCUT2D eigenvalue weighted by molar-refractivity contribution is 5.93. The number of nitrogens with one attached hydrogen (secondary N) is 1. The molecule has 0 heterocycles. The molecule has 0 aliphatic rings. The molecule has 0 bridgehead atoms. The molecule has 1 N–H and O–H groups in total. The zero-order valence-electron chi connectivity index (χ0n) is 14.7. The Hall–Kier alpha value is -2.89. The summed E-state index contributed by atoms with van der Waals surface area (Å²) in [4.78, 5) is 22.6. The van der Waals surface area contributed by atoms with Crippen LogP contribution in [-0.4, -0.2) is 17.4 Å². The number of carbonyl (C=O) groups excluding carboxylic acids is 1. The van der Waals surface area contributed by atoms with E-state index < -0.39 is 4.92 Å². The van der Waals surface area contributed by atoms with Gasteiger partial charge in [-0.1, -0.05) is 18.2 Å². The summed E-state index contributed by atoms with van der Waals surface area (Å²) in [6.07, 6.45) is 0.759. The van der Waals surface area contributed by atoms with Gasteiger partial charge in [0.05, 0.1) is 11.5 Å². The van der Waals surface area contributed by atoms with Crippen molar-refractivity contribution in [3.05, 3.63) is 63.2 Å². The monoisotopic (exact) mass is 342 g/mol. The summed E-state index contributed by atoms with van der Waals surface area (Å²) in [7, 11) is 0. The number of amides is 1. The topological polar surface area (TPSA) is 81.5 Å². The normalized spacial score (nSPS) is 10.4. The fourth-order valence-electron chi connectivity index (χ4n) is 2.39. The summed E-state index contributed by atoms with van der Waals surface area (Å²) < 4.78 is 5.71. The summed E-state index contributed by atoms with van der Waals surface area (Å²) >= 11 is 0. The van der Waals surface area contributed by atoms with Gasteiger partial charge in [-0.05, 0) is 56.0 Å². The van der Waals surface area contributed by atoms with Gasteiger partial charge in [0.1, 0.15) is 11.4 Å². The number of benzene rings is 2. The third kappa shape index (κ3) is 5.31. The van der Waals surface area contributed by atoms with Crippen molar-refractivity contribution in [2.75, 3.05) is 11.9 Å². The van der Waals surface area contributed by atoms with E-state index in [0.717, 1.165) is 22.4 Å². The average molecular weight is 342 g/mol. The zero-order valence-corrected chi connectivity index (χ0v) is 14.7. The first-order chi connectivity index (χ1) is 11.9. The van der Waals surface area contributed by atoms with Gasteiger partial charge in [0.15, 0.2) is 0 Å². The Labute approximate surface area is 147 Å². The number of anilines is 1. The molecule has 0 aliphatic carbocycles. The molecule has 0 unspecified atom stereocenters. The maximum absolute atomic E-state index is 12.0. The van der Waals surface area contributed by atoms with Crippen LogP contribution in [0.5, 0.6) is 5.75 Å². The van der Waals surface area contributed by atoms with Crippen LogP contribution in [0, 0.1) is 30.9 Å². The van der Waals surface area contributed by atoms with E-state index in [-0.39, 0.29) is 23.7 Å². The lowest BCUT2D eigenvalue weighted by Crippen LogP contribution is -2.14. The number of carbonyl (C=O) groups is 1. The van der Waals surface area contributed by atoms with Crippen LogP contribution in [0.2, 0.25) is 0 Å². The van der Waals surface area contributed by atoms with Crippen molar-refractivity contribution in [3.8, 4) is 5.75 Å². The number of hydrogen-bond acceptors (Lipinski definition) is 4. The number of aryl methyl sites for hydroxylation is 3. The first-order valence-corrected chi connectivity index (χ1v) is 8.12. The van der Waals surface area contributed by atoms with Crippen LogP contribution in [0.4, 0.5) is 11.4 Å². The van der Waals surface area contributed by atoms with Crippen molar-refractivity contribution in [1.29, 1.82) is 0 Å². The lowest BCUT2D eigenvalue weighted by Gasteiger charge is -2.10. The van der Waals surface area contributed by atoms with Crippen LogP contribution in [0.3, 0.4) is 0 Å². The second kappa shape index (κ2) is 8.28. The van der Waals surface area contributed by atoms with Crippen LogP contribution in [-0.2, 0) is 4.79 Å². The van der Waals surface area contributed by atoms with E-state index in [1.165, 1.54) is 6.07 Å². The fourth-order valence-corrected chi connectivity index (χ4v) is 2.39. The Morgan fingerprint density at radius 1 is 1.12 bits per heavy atom. The second-order valence-corrected chi connectivity index (χ2v) is 6.05. The quantitative estimate of drug-likeness (QED) is 0.461. The molecule has 1 amide bonds. The SMILES string of the molecule is Cc1ccc(C)c(OCCCC(=O)Nc2ccc(C)cc2[N+](=O)[O-])c1. The smallest absolute Gasteiger partial charge is 0.293 e. The summed E-state index contributed by atoms with van der Waals surface area (Å²) in [6, 6.07) is 10.7.